The number of halogens is 7. The van der Waals surface area contributed by atoms with E-state index in [0.717, 1.165) is 29.2 Å². The number of carbonyl (C=O) groups is 2. The molecule has 2 aromatic carbocycles. The molecule has 0 aliphatic carbocycles. The number of hydrogen-bond donors (Lipinski definition) is 0. The number of ether oxygens (including phenoxy) is 2. The number of benzene rings is 2. The summed E-state index contributed by atoms with van der Waals surface area (Å²) in [6, 6.07) is 2.15. The van der Waals surface area contributed by atoms with Crippen LogP contribution in [0, 0.1) is 5.82 Å². The van der Waals surface area contributed by atoms with E-state index in [2.05, 4.69) is 0 Å². The third-order valence-electron chi connectivity index (χ3n) is 5.37. The molecule has 3 amide bonds. The van der Waals surface area contributed by atoms with Crippen LogP contribution >= 0.6 is 0 Å². The summed E-state index contributed by atoms with van der Waals surface area (Å²) in [5, 5.41) is 0. The lowest BCUT2D eigenvalue weighted by molar-refractivity contribution is -0.143. The Hall–Kier alpha value is -3.55. The van der Waals surface area contributed by atoms with Gasteiger partial charge in [0.1, 0.15) is 11.4 Å². The van der Waals surface area contributed by atoms with Crippen molar-refractivity contribution >= 4 is 23.5 Å². The van der Waals surface area contributed by atoms with Gasteiger partial charge in [-0.2, -0.15) is 26.3 Å². The summed E-state index contributed by atoms with van der Waals surface area (Å²) in [7, 11) is 0. The van der Waals surface area contributed by atoms with Crippen molar-refractivity contribution in [1.29, 1.82) is 0 Å². The molecule has 7 nitrogen and oxygen atoms in total. The van der Waals surface area contributed by atoms with Gasteiger partial charge >= 0.3 is 24.5 Å². The molecule has 0 unspecified atom stereocenters. The van der Waals surface area contributed by atoms with Crippen LogP contribution < -0.4 is 14.5 Å². The maximum Gasteiger partial charge on any atom is 0.420 e. The molecule has 2 fully saturated rings. The third kappa shape index (κ3) is 5.32. The van der Waals surface area contributed by atoms with Crippen molar-refractivity contribution < 1.29 is 53.9 Å². The molecule has 1 atom stereocenters. The molecule has 194 valence electrons. The molecular weight excluding hydrogens is 503 g/mol. The molecule has 0 spiro atoms. The van der Waals surface area contributed by atoms with Gasteiger partial charge in [0.2, 0.25) is 0 Å². The molecule has 0 N–H and O–H groups in total. The Kier molecular flexibility index (Phi) is 5.52. The number of hydrogen-bond acceptors (Lipinski definition) is 4. The number of anilines is 2. The molecule has 2 aliphatic heterocycles. The summed E-state index contributed by atoms with van der Waals surface area (Å²) in [5.41, 5.74) is -5.40. The fourth-order valence-corrected chi connectivity index (χ4v) is 3.52. The van der Waals surface area contributed by atoms with Crippen LogP contribution in [-0.4, -0.2) is 56.3 Å². The van der Waals surface area contributed by atoms with Crippen LogP contribution in [0.4, 0.5) is 51.7 Å². The highest BCUT2D eigenvalue weighted by molar-refractivity contribution is 5.97. The monoisotopic (exact) mass is 524 g/mol. The van der Waals surface area contributed by atoms with Gasteiger partial charge in [-0.25, -0.2) is 14.0 Å². The molecule has 2 aromatic rings. The molecular formula is C22H18F7N3O4. The molecule has 0 aromatic heterocycles. The second kappa shape index (κ2) is 9.15. The van der Waals surface area contributed by atoms with Crippen molar-refractivity contribution in [1.82, 2.24) is 4.90 Å². The van der Waals surface area contributed by atoms with Crippen LogP contribution in [0.15, 0.2) is 36.4 Å². The molecule has 2 aliphatic rings. The van der Waals surface area contributed by atoms with Gasteiger partial charge in [0, 0.05) is 29.9 Å². The fraction of sp³-hybridized carbons (Fsp3) is 0.364. The first kappa shape index (κ1) is 21.7. The van der Waals surface area contributed by atoms with Crippen LogP contribution in [0.25, 0.3) is 0 Å². The number of nitrogens with zero attached hydrogens (tertiary/aromatic N) is 3. The first-order valence-corrected chi connectivity index (χ1v) is 10.2. The molecule has 0 radical (unpaired) electrons. The van der Waals surface area contributed by atoms with Gasteiger partial charge in [-0.3, -0.25) is 9.80 Å². The van der Waals surface area contributed by atoms with Crippen LogP contribution in [-0.2, 0) is 17.1 Å². The number of carbonyl (C=O) groups excluding carboxylic acids is 2. The molecule has 2 heterocycles. The maximum atomic E-state index is 14.0. The van der Waals surface area contributed by atoms with Crippen LogP contribution in [0.3, 0.4) is 0 Å². The summed E-state index contributed by atoms with van der Waals surface area (Å²) in [5.74, 6) is -2.33. The van der Waals surface area contributed by atoms with E-state index < -0.39 is 65.5 Å². The van der Waals surface area contributed by atoms with Gasteiger partial charge in [0.15, 0.2) is 5.75 Å². The minimum Gasteiger partial charge on any atom is -0.407 e. The lowest BCUT2D eigenvalue weighted by Crippen LogP contribution is -2.35. The van der Waals surface area contributed by atoms with Gasteiger partial charge in [-0.05, 0) is 36.4 Å². The van der Waals surface area contributed by atoms with E-state index >= 15 is 0 Å². The van der Waals surface area contributed by atoms with Crippen molar-refractivity contribution in [2.75, 3.05) is 43.0 Å². The van der Waals surface area contributed by atoms with Crippen LogP contribution in [0.5, 0.6) is 5.75 Å². The summed E-state index contributed by atoms with van der Waals surface area (Å²) < 4.78 is 129. The minimum absolute atomic E-state index is 0.0347. The number of amides is 3. The maximum absolute atomic E-state index is 14.0. The van der Waals surface area contributed by atoms with E-state index in [4.69, 9.17) is 13.6 Å². The van der Waals surface area contributed by atoms with Crippen molar-refractivity contribution in [3.8, 4) is 5.75 Å². The average molecular weight is 524 g/mol. The summed E-state index contributed by atoms with van der Waals surface area (Å²) in [4.78, 5) is 27.6. The molecule has 4 rings (SSSR count). The van der Waals surface area contributed by atoms with Crippen molar-refractivity contribution in [3.05, 3.63) is 53.3 Å². The van der Waals surface area contributed by atoms with Crippen LogP contribution in [0.2, 0.25) is 0 Å². The van der Waals surface area contributed by atoms with E-state index in [9.17, 15) is 40.3 Å². The molecule has 0 bridgehead atoms. The smallest absolute Gasteiger partial charge is 0.407 e. The Bertz CT molecular complexity index is 1270. The minimum atomic E-state index is -5.53. The molecule has 14 heteroatoms. The largest absolute Gasteiger partial charge is 0.420 e. The third-order valence-corrected chi connectivity index (χ3v) is 5.37. The quantitative estimate of drug-likeness (QED) is 0.402. The van der Waals surface area contributed by atoms with Gasteiger partial charge in [0.25, 0.3) is 0 Å². The number of rotatable bonds is 5. The highest BCUT2D eigenvalue weighted by Crippen LogP contribution is 2.47. The van der Waals surface area contributed by atoms with E-state index in [1.54, 1.807) is 0 Å². The topological polar surface area (TPSA) is 65.6 Å². The summed E-state index contributed by atoms with van der Waals surface area (Å²) in [6.45, 7) is -3.46. The predicted molar refractivity (Wildman–Crippen MR) is 111 cm³/mol. The Morgan fingerprint density at radius 3 is 2.36 bits per heavy atom. The molecule has 2 saturated heterocycles. The second-order valence-electron chi connectivity index (χ2n) is 7.88. The Morgan fingerprint density at radius 1 is 1.14 bits per heavy atom. The van der Waals surface area contributed by atoms with Gasteiger partial charge in [0.05, 0.1) is 30.5 Å². The average Bonchev–Trinajstić information content (AvgIpc) is 3.55. The number of urea groups is 1. The SMILES string of the molecule is [2H]C([2H])([2H])N(C(=O)Oc1c(N2CCN(C[C@H]3CO3)C2=O)cc(C(F)(F)F)cc1C(F)(F)F)c1ccc(F)cc1. The highest BCUT2D eigenvalue weighted by Gasteiger charge is 2.44. The van der Waals surface area contributed by atoms with E-state index in [0.29, 0.717) is 11.5 Å². The van der Waals surface area contributed by atoms with E-state index in [1.807, 2.05) is 0 Å². The Labute approximate surface area is 203 Å². The highest BCUT2D eigenvalue weighted by atomic mass is 19.4. The zero-order valence-corrected chi connectivity index (χ0v) is 18.0. The van der Waals surface area contributed by atoms with Crippen molar-refractivity contribution in [2.24, 2.45) is 0 Å². The number of alkyl halides is 6. The van der Waals surface area contributed by atoms with E-state index in [-0.39, 0.29) is 42.8 Å². The predicted octanol–water partition coefficient (Wildman–Crippen LogP) is 5.14. The van der Waals surface area contributed by atoms with Gasteiger partial charge in [-0.15, -0.1) is 0 Å². The Morgan fingerprint density at radius 2 is 1.81 bits per heavy atom. The number of epoxide rings is 1. The zero-order chi connectivity index (χ0) is 28.9. The van der Waals surface area contributed by atoms with Crippen molar-refractivity contribution in [3.63, 3.8) is 0 Å². The lowest BCUT2D eigenvalue weighted by Gasteiger charge is -2.26. The summed E-state index contributed by atoms with van der Waals surface area (Å²) >= 11 is 0. The first-order chi connectivity index (χ1) is 18.0. The van der Waals surface area contributed by atoms with Gasteiger partial charge in [-0.1, -0.05) is 0 Å². The second-order valence-corrected chi connectivity index (χ2v) is 7.88. The standard InChI is InChI=1S/C22H18F7N3O4/c1-30(14-4-2-13(23)3-5-14)20(34)36-18-16(22(27,28)29)8-12(21(24,25)26)9-17(18)32-7-6-31(19(32)33)10-15-11-35-15/h2-5,8-9,15H,6-7,10-11H2,1H3/t15-/m0/s1/i1D3. The van der Waals surface area contributed by atoms with Crippen LogP contribution in [0.1, 0.15) is 15.2 Å². The van der Waals surface area contributed by atoms with Gasteiger partial charge < -0.3 is 14.4 Å². The fourth-order valence-electron chi connectivity index (χ4n) is 3.52. The lowest BCUT2D eigenvalue weighted by atomic mass is 10.1. The Balaban J connectivity index is 1.83. The normalized spacial score (nSPS) is 19.6. The molecule has 0 saturated carbocycles. The summed E-state index contributed by atoms with van der Waals surface area (Å²) in [6.07, 6.45) is -13.1. The zero-order valence-electron chi connectivity index (χ0n) is 21.0. The first-order valence-electron chi connectivity index (χ1n) is 11.7. The van der Waals surface area contributed by atoms with E-state index in [1.165, 1.54) is 0 Å². The molecule has 36 heavy (non-hydrogen) atoms. The van der Waals surface area contributed by atoms with Crippen molar-refractivity contribution in [2.45, 2.75) is 18.5 Å².